The van der Waals surface area contributed by atoms with Crippen molar-refractivity contribution in [1.29, 1.82) is 5.26 Å². The summed E-state index contributed by atoms with van der Waals surface area (Å²) in [6, 6.07) is 6.68. The van der Waals surface area contributed by atoms with Crippen molar-refractivity contribution in [3.63, 3.8) is 0 Å². The van der Waals surface area contributed by atoms with Crippen molar-refractivity contribution in [2.45, 2.75) is 6.10 Å². The zero-order valence-electron chi connectivity index (χ0n) is 8.81. The molecule has 0 amide bonds. The Hall–Kier alpha value is -1.28. The molecule has 86 valence electrons. The van der Waals surface area contributed by atoms with Gasteiger partial charge >= 0.3 is 0 Å². The SMILES string of the molecule is COCC(O)COc1ccc(C#N)cc1Cl. The molecule has 0 aliphatic carbocycles. The first-order valence-corrected chi connectivity index (χ1v) is 5.04. The van der Waals surface area contributed by atoms with Crippen molar-refractivity contribution in [3.8, 4) is 11.8 Å². The van der Waals surface area contributed by atoms with Crippen molar-refractivity contribution in [3.05, 3.63) is 28.8 Å². The Morgan fingerprint density at radius 3 is 2.81 bits per heavy atom. The predicted molar refractivity (Wildman–Crippen MR) is 59.5 cm³/mol. The molecule has 4 nitrogen and oxygen atoms in total. The standard InChI is InChI=1S/C11H12ClNO3/c1-15-6-9(14)7-16-11-3-2-8(5-13)4-10(11)12/h2-4,9,14H,6-7H2,1H3. The lowest BCUT2D eigenvalue weighted by atomic mass is 10.2. The Morgan fingerprint density at radius 2 is 2.25 bits per heavy atom. The monoisotopic (exact) mass is 241 g/mol. The van der Waals surface area contributed by atoms with E-state index in [2.05, 4.69) is 0 Å². The van der Waals surface area contributed by atoms with Gasteiger partial charge in [0.25, 0.3) is 0 Å². The molecule has 0 spiro atoms. The van der Waals surface area contributed by atoms with Gasteiger partial charge in [-0.15, -0.1) is 0 Å². The molecule has 0 bridgehead atoms. The largest absolute Gasteiger partial charge is 0.489 e. The number of nitrogens with zero attached hydrogens (tertiary/aromatic N) is 1. The number of aliphatic hydroxyl groups is 1. The minimum Gasteiger partial charge on any atom is -0.489 e. The average Bonchev–Trinajstić information content (AvgIpc) is 2.27. The van der Waals surface area contributed by atoms with Crippen LogP contribution >= 0.6 is 11.6 Å². The van der Waals surface area contributed by atoms with Crippen molar-refractivity contribution in [2.24, 2.45) is 0 Å². The highest BCUT2D eigenvalue weighted by Crippen LogP contribution is 2.25. The summed E-state index contributed by atoms with van der Waals surface area (Å²) in [7, 11) is 1.50. The zero-order valence-corrected chi connectivity index (χ0v) is 9.57. The lowest BCUT2D eigenvalue weighted by Gasteiger charge is -2.12. The lowest BCUT2D eigenvalue weighted by molar-refractivity contribution is 0.0326. The molecule has 0 aliphatic rings. The van der Waals surface area contributed by atoms with Crippen molar-refractivity contribution < 1.29 is 14.6 Å². The highest BCUT2D eigenvalue weighted by molar-refractivity contribution is 6.32. The van der Waals surface area contributed by atoms with E-state index < -0.39 is 6.10 Å². The smallest absolute Gasteiger partial charge is 0.138 e. The third-order valence-corrected chi connectivity index (χ3v) is 2.15. The predicted octanol–water partition coefficient (Wildman–Crippen LogP) is 1.60. The number of halogens is 1. The fraction of sp³-hybridized carbons (Fsp3) is 0.364. The quantitative estimate of drug-likeness (QED) is 0.851. The van der Waals surface area contributed by atoms with Crippen LogP contribution in [0.5, 0.6) is 5.75 Å². The summed E-state index contributed by atoms with van der Waals surface area (Å²) < 4.78 is 10.0. The molecule has 1 aromatic carbocycles. The summed E-state index contributed by atoms with van der Waals surface area (Å²) in [5, 5.41) is 18.3. The molecule has 0 aromatic heterocycles. The zero-order chi connectivity index (χ0) is 12.0. The molecule has 0 saturated carbocycles. The number of rotatable bonds is 5. The second kappa shape index (κ2) is 6.33. The summed E-state index contributed by atoms with van der Waals surface area (Å²) in [5.41, 5.74) is 0.467. The van der Waals surface area contributed by atoms with Gasteiger partial charge in [0.05, 0.1) is 23.3 Å². The highest BCUT2D eigenvalue weighted by Gasteiger charge is 2.07. The fourth-order valence-electron chi connectivity index (χ4n) is 1.11. The first-order chi connectivity index (χ1) is 7.67. The van der Waals surface area contributed by atoms with Gasteiger partial charge in [0.2, 0.25) is 0 Å². The van der Waals surface area contributed by atoms with Gasteiger partial charge < -0.3 is 14.6 Å². The number of benzene rings is 1. The third kappa shape index (κ3) is 3.70. The number of methoxy groups -OCH3 is 1. The van der Waals surface area contributed by atoms with Crippen molar-refractivity contribution >= 4 is 11.6 Å². The molecule has 0 aliphatic heterocycles. The van der Waals surface area contributed by atoms with Gasteiger partial charge in [-0.2, -0.15) is 5.26 Å². The first kappa shape index (κ1) is 12.8. The van der Waals surface area contributed by atoms with E-state index in [0.29, 0.717) is 16.3 Å². The van der Waals surface area contributed by atoms with Crippen LogP contribution in [0.15, 0.2) is 18.2 Å². The Balaban J connectivity index is 2.58. The van der Waals surface area contributed by atoms with E-state index in [1.54, 1.807) is 12.1 Å². The molecule has 0 saturated heterocycles. The van der Waals surface area contributed by atoms with Crippen LogP contribution in [0.2, 0.25) is 5.02 Å². The molecule has 1 N–H and O–H groups in total. The van der Waals surface area contributed by atoms with Crippen LogP contribution in [0.3, 0.4) is 0 Å². The molecule has 1 atom stereocenters. The minimum atomic E-state index is -0.697. The van der Waals surface area contributed by atoms with Crippen LogP contribution in [-0.2, 0) is 4.74 Å². The van der Waals surface area contributed by atoms with Crippen LogP contribution in [0.4, 0.5) is 0 Å². The minimum absolute atomic E-state index is 0.0967. The van der Waals surface area contributed by atoms with E-state index >= 15 is 0 Å². The summed E-state index contributed by atoms with van der Waals surface area (Å²) >= 11 is 5.88. The van der Waals surface area contributed by atoms with E-state index in [0.717, 1.165) is 0 Å². The van der Waals surface area contributed by atoms with Crippen LogP contribution in [0.1, 0.15) is 5.56 Å². The summed E-state index contributed by atoms with van der Waals surface area (Å²) in [6.07, 6.45) is -0.697. The van der Waals surface area contributed by atoms with Gasteiger partial charge in [0.15, 0.2) is 0 Å². The first-order valence-electron chi connectivity index (χ1n) is 4.67. The molecule has 16 heavy (non-hydrogen) atoms. The molecule has 1 unspecified atom stereocenters. The second-order valence-corrected chi connectivity index (χ2v) is 3.58. The molecule has 0 heterocycles. The molecular weight excluding hydrogens is 230 g/mol. The number of aliphatic hydroxyl groups excluding tert-OH is 1. The fourth-order valence-corrected chi connectivity index (χ4v) is 1.35. The van der Waals surface area contributed by atoms with Crippen LogP contribution in [-0.4, -0.2) is 31.5 Å². The lowest BCUT2D eigenvalue weighted by Crippen LogP contribution is -2.22. The summed E-state index contributed by atoms with van der Waals surface area (Å²) in [4.78, 5) is 0. The maximum atomic E-state index is 9.36. The number of ether oxygens (including phenoxy) is 2. The summed E-state index contributed by atoms with van der Waals surface area (Å²) in [6.45, 7) is 0.299. The van der Waals surface area contributed by atoms with Crippen LogP contribution in [0.25, 0.3) is 0 Å². The van der Waals surface area contributed by atoms with Gasteiger partial charge in [-0.1, -0.05) is 11.6 Å². The van der Waals surface area contributed by atoms with Gasteiger partial charge in [-0.25, -0.2) is 0 Å². The van der Waals surface area contributed by atoms with E-state index in [-0.39, 0.29) is 13.2 Å². The summed E-state index contributed by atoms with van der Waals surface area (Å²) in [5.74, 6) is 0.441. The second-order valence-electron chi connectivity index (χ2n) is 3.18. The van der Waals surface area contributed by atoms with E-state index in [9.17, 15) is 5.11 Å². The van der Waals surface area contributed by atoms with Crippen molar-refractivity contribution in [2.75, 3.05) is 20.3 Å². The molecule has 1 rings (SSSR count). The van der Waals surface area contributed by atoms with Crippen molar-refractivity contribution in [1.82, 2.24) is 0 Å². The van der Waals surface area contributed by atoms with Crippen LogP contribution in [0, 0.1) is 11.3 Å². The maximum absolute atomic E-state index is 9.36. The normalized spacial score (nSPS) is 11.9. The molecule has 5 heteroatoms. The van der Waals surface area contributed by atoms with E-state index in [1.165, 1.54) is 13.2 Å². The molecular formula is C11H12ClNO3. The van der Waals surface area contributed by atoms with Gasteiger partial charge in [0, 0.05) is 7.11 Å². The van der Waals surface area contributed by atoms with E-state index in [4.69, 9.17) is 26.3 Å². The van der Waals surface area contributed by atoms with Crippen LogP contribution < -0.4 is 4.74 Å². The van der Waals surface area contributed by atoms with E-state index in [1.807, 2.05) is 6.07 Å². The Morgan fingerprint density at radius 1 is 1.50 bits per heavy atom. The number of hydrogen-bond donors (Lipinski definition) is 1. The van der Waals surface area contributed by atoms with Gasteiger partial charge in [-0.05, 0) is 18.2 Å². The molecule has 0 radical (unpaired) electrons. The third-order valence-electron chi connectivity index (χ3n) is 1.85. The molecule has 1 aromatic rings. The number of hydrogen-bond acceptors (Lipinski definition) is 4. The van der Waals surface area contributed by atoms with Gasteiger partial charge in [-0.3, -0.25) is 0 Å². The Kier molecular flexibility index (Phi) is 5.06. The Bertz CT molecular complexity index is 389. The number of nitriles is 1. The van der Waals surface area contributed by atoms with Gasteiger partial charge in [0.1, 0.15) is 18.5 Å². The average molecular weight is 242 g/mol. The topological polar surface area (TPSA) is 62.5 Å². The maximum Gasteiger partial charge on any atom is 0.138 e. The Labute approximate surface area is 99.0 Å². The molecule has 0 fully saturated rings. The highest BCUT2D eigenvalue weighted by atomic mass is 35.5.